The van der Waals surface area contributed by atoms with E-state index in [0.717, 1.165) is 0 Å². The predicted octanol–water partition coefficient (Wildman–Crippen LogP) is -0.0685. The summed E-state index contributed by atoms with van der Waals surface area (Å²) in [4.78, 5) is 10.7. The summed E-state index contributed by atoms with van der Waals surface area (Å²) in [5.74, 6) is -0.978. The molecular formula is C7H13FO4S. The van der Waals surface area contributed by atoms with Gasteiger partial charge in [0.1, 0.15) is 0 Å². The Bertz CT molecular complexity index is 155. The lowest BCUT2D eigenvalue weighted by Crippen LogP contribution is -2.21. The number of thioether (sulfide) groups is 1. The first kappa shape index (κ1) is 12.7. The summed E-state index contributed by atoms with van der Waals surface area (Å²) in [7, 11) is 0. The Morgan fingerprint density at radius 2 is 2.31 bits per heavy atom. The fourth-order valence-corrected chi connectivity index (χ4v) is 1.22. The van der Waals surface area contributed by atoms with Crippen LogP contribution in [0, 0.1) is 0 Å². The van der Waals surface area contributed by atoms with Crippen molar-refractivity contribution in [3.05, 3.63) is 0 Å². The van der Waals surface area contributed by atoms with Crippen LogP contribution in [0.15, 0.2) is 0 Å². The van der Waals surface area contributed by atoms with Crippen LogP contribution in [0.4, 0.5) is 4.39 Å². The lowest BCUT2D eigenvalue weighted by Gasteiger charge is -2.09. The van der Waals surface area contributed by atoms with E-state index < -0.39 is 24.2 Å². The molecule has 0 heterocycles. The molecule has 0 aliphatic carbocycles. The molecule has 0 bridgehead atoms. The summed E-state index contributed by atoms with van der Waals surface area (Å²) in [6, 6.07) is 0. The monoisotopic (exact) mass is 212 g/mol. The molecule has 13 heavy (non-hydrogen) atoms. The number of carbonyl (C=O) groups excluding carboxylic acids is 1. The highest BCUT2D eigenvalue weighted by Gasteiger charge is 2.19. The number of aliphatic hydroxyl groups excluding tert-OH is 2. The fourth-order valence-electron chi connectivity index (χ4n) is 0.524. The molecule has 0 rings (SSSR count). The predicted molar refractivity (Wildman–Crippen MR) is 47.1 cm³/mol. The normalized spacial score (nSPS) is 15.1. The number of alkyl halides is 1. The van der Waals surface area contributed by atoms with Crippen LogP contribution >= 0.6 is 11.8 Å². The van der Waals surface area contributed by atoms with Crippen LogP contribution in [-0.2, 0) is 9.53 Å². The molecule has 0 aliphatic heterocycles. The molecule has 0 fully saturated rings. The lowest BCUT2D eigenvalue weighted by molar-refractivity contribution is -0.145. The summed E-state index contributed by atoms with van der Waals surface area (Å²) < 4.78 is 17.2. The Hall–Kier alpha value is -0.330. The molecular weight excluding hydrogens is 199 g/mol. The topological polar surface area (TPSA) is 66.8 Å². The first-order valence-electron chi connectivity index (χ1n) is 3.83. The fraction of sp³-hybridized carbons (Fsp3) is 0.857. The van der Waals surface area contributed by atoms with Gasteiger partial charge in [-0.3, -0.25) is 0 Å². The maximum atomic E-state index is 12.8. The number of esters is 1. The molecule has 2 atom stereocenters. The molecule has 0 aromatic heterocycles. The quantitative estimate of drug-likeness (QED) is 0.603. The minimum absolute atomic E-state index is 0.0313. The van der Waals surface area contributed by atoms with Crippen molar-refractivity contribution in [2.24, 2.45) is 0 Å². The number of rotatable bonds is 6. The third kappa shape index (κ3) is 5.84. The van der Waals surface area contributed by atoms with Gasteiger partial charge in [-0.25, -0.2) is 9.18 Å². The summed E-state index contributed by atoms with van der Waals surface area (Å²) in [6.07, 6.45) is -1.00. The summed E-state index contributed by atoms with van der Waals surface area (Å²) in [5.41, 5.74) is -1.79. The van der Waals surface area contributed by atoms with E-state index in [1.54, 1.807) is 6.92 Å². The molecule has 0 amide bonds. The smallest absolute Gasteiger partial charge is 0.351 e. The van der Waals surface area contributed by atoms with Crippen LogP contribution in [0.1, 0.15) is 6.92 Å². The van der Waals surface area contributed by atoms with Crippen LogP contribution in [-0.4, -0.2) is 46.8 Å². The highest BCUT2D eigenvalue weighted by atomic mass is 32.2. The second-order valence-electron chi connectivity index (χ2n) is 2.24. The van der Waals surface area contributed by atoms with Gasteiger partial charge in [0.2, 0.25) is 5.50 Å². The number of hydrogen-bond acceptors (Lipinski definition) is 5. The standard InChI is InChI=1S/C7H13FO4S/c1-2-12-7(11)6(8)13-4-5(10)3-9/h5-6,9-10H,2-4H2,1H3. The molecule has 78 valence electrons. The Morgan fingerprint density at radius 3 is 2.77 bits per heavy atom. The summed E-state index contributed by atoms with van der Waals surface area (Å²) in [5, 5.41) is 17.2. The van der Waals surface area contributed by atoms with Crippen LogP contribution in [0.5, 0.6) is 0 Å². The Labute approximate surface area is 80.1 Å². The Kier molecular flexibility index (Phi) is 6.93. The molecule has 0 saturated carbocycles. The SMILES string of the molecule is CCOC(=O)C(F)SCC(O)CO. The third-order valence-corrected chi connectivity index (χ3v) is 2.18. The first-order valence-corrected chi connectivity index (χ1v) is 4.87. The van der Waals surface area contributed by atoms with E-state index in [2.05, 4.69) is 4.74 Å². The number of aliphatic hydroxyl groups is 2. The minimum atomic E-state index is -1.79. The van der Waals surface area contributed by atoms with E-state index in [1.807, 2.05) is 0 Å². The zero-order valence-electron chi connectivity index (χ0n) is 7.27. The van der Waals surface area contributed by atoms with E-state index in [1.165, 1.54) is 0 Å². The van der Waals surface area contributed by atoms with Gasteiger partial charge >= 0.3 is 5.97 Å². The minimum Gasteiger partial charge on any atom is -0.463 e. The number of carbonyl (C=O) groups is 1. The molecule has 0 saturated heterocycles. The first-order chi connectivity index (χ1) is 6.11. The third-order valence-electron chi connectivity index (χ3n) is 1.12. The molecule has 0 aliphatic rings. The van der Waals surface area contributed by atoms with Crippen molar-refractivity contribution in [1.82, 2.24) is 0 Å². The molecule has 0 spiro atoms. The van der Waals surface area contributed by atoms with E-state index in [-0.39, 0.29) is 12.4 Å². The molecule has 0 radical (unpaired) electrons. The van der Waals surface area contributed by atoms with Gasteiger partial charge in [0.05, 0.1) is 19.3 Å². The Morgan fingerprint density at radius 1 is 1.69 bits per heavy atom. The molecule has 2 N–H and O–H groups in total. The highest BCUT2D eigenvalue weighted by Crippen LogP contribution is 2.14. The van der Waals surface area contributed by atoms with Crippen molar-refractivity contribution >= 4 is 17.7 Å². The second-order valence-corrected chi connectivity index (χ2v) is 3.32. The molecule has 2 unspecified atom stereocenters. The number of halogens is 1. The maximum Gasteiger partial charge on any atom is 0.351 e. The van der Waals surface area contributed by atoms with Gasteiger partial charge in [-0.05, 0) is 6.92 Å². The number of ether oxygens (including phenoxy) is 1. The largest absolute Gasteiger partial charge is 0.463 e. The molecule has 6 heteroatoms. The van der Waals surface area contributed by atoms with Crippen molar-refractivity contribution in [3.63, 3.8) is 0 Å². The van der Waals surface area contributed by atoms with Crippen LogP contribution < -0.4 is 0 Å². The highest BCUT2D eigenvalue weighted by molar-refractivity contribution is 8.00. The zero-order chi connectivity index (χ0) is 10.3. The zero-order valence-corrected chi connectivity index (χ0v) is 8.09. The molecule has 0 aromatic rings. The molecule has 4 nitrogen and oxygen atoms in total. The van der Waals surface area contributed by atoms with Crippen molar-refractivity contribution in [2.45, 2.75) is 18.5 Å². The number of hydrogen-bond donors (Lipinski definition) is 2. The average Bonchev–Trinajstić information content (AvgIpc) is 2.13. The van der Waals surface area contributed by atoms with Gasteiger partial charge in [-0.2, -0.15) is 0 Å². The van der Waals surface area contributed by atoms with Crippen LogP contribution in [0.2, 0.25) is 0 Å². The van der Waals surface area contributed by atoms with Crippen LogP contribution in [0.3, 0.4) is 0 Å². The van der Waals surface area contributed by atoms with Crippen molar-refractivity contribution in [3.8, 4) is 0 Å². The molecule has 0 aromatic carbocycles. The van der Waals surface area contributed by atoms with Gasteiger partial charge in [0.25, 0.3) is 0 Å². The van der Waals surface area contributed by atoms with E-state index >= 15 is 0 Å². The van der Waals surface area contributed by atoms with Gasteiger partial charge in [0, 0.05) is 5.75 Å². The summed E-state index contributed by atoms with van der Waals surface area (Å²) >= 11 is 0.606. The van der Waals surface area contributed by atoms with Gasteiger partial charge in [0.15, 0.2) is 0 Å². The van der Waals surface area contributed by atoms with Crippen molar-refractivity contribution in [2.75, 3.05) is 19.0 Å². The van der Waals surface area contributed by atoms with E-state index in [0.29, 0.717) is 11.8 Å². The van der Waals surface area contributed by atoms with E-state index in [4.69, 9.17) is 10.2 Å². The van der Waals surface area contributed by atoms with Crippen molar-refractivity contribution in [1.29, 1.82) is 0 Å². The van der Waals surface area contributed by atoms with Gasteiger partial charge in [-0.15, -0.1) is 11.8 Å². The van der Waals surface area contributed by atoms with E-state index in [9.17, 15) is 9.18 Å². The average molecular weight is 212 g/mol. The summed E-state index contributed by atoms with van der Waals surface area (Å²) in [6.45, 7) is 1.27. The lowest BCUT2D eigenvalue weighted by atomic mass is 10.4. The van der Waals surface area contributed by atoms with Gasteiger partial charge < -0.3 is 14.9 Å². The maximum absolute atomic E-state index is 12.8. The van der Waals surface area contributed by atoms with Crippen LogP contribution in [0.25, 0.3) is 0 Å². The van der Waals surface area contributed by atoms with Crippen molar-refractivity contribution < 1.29 is 24.1 Å². The second kappa shape index (κ2) is 7.11. The van der Waals surface area contributed by atoms with Gasteiger partial charge in [-0.1, -0.05) is 0 Å². The Balaban J connectivity index is 3.60.